The van der Waals surface area contributed by atoms with Gasteiger partial charge < -0.3 is 15.3 Å². The highest BCUT2D eigenvalue weighted by molar-refractivity contribution is 6.06. The van der Waals surface area contributed by atoms with Crippen LogP contribution in [-0.4, -0.2) is 90.3 Å². The van der Waals surface area contributed by atoms with Crippen molar-refractivity contribution in [1.29, 1.82) is 5.26 Å². The Hall–Kier alpha value is -5.99. The minimum absolute atomic E-state index is 0.123. The minimum atomic E-state index is -2.87. The molecule has 1 aliphatic carbocycles. The van der Waals surface area contributed by atoms with Gasteiger partial charge in [-0.15, -0.1) is 0 Å². The van der Waals surface area contributed by atoms with Gasteiger partial charge in [-0.2, -0.15) is 10.4 Å². The Morgan fingerprint density at radius 3 is 2.48 bits per heavy atom. The van der Waals surface area contributed by atoms with Gasteiger partial charge in [0.15, 0.2) is 0 Å². The number of likely N-dealkylation sites (tertiary alicyclic amines) is 1. The van der Waals surface area contributed by atoms with E-state index in [0.717, 1.165) is 36.8 Å². The molecule has 3 amide bonds. The van der Waals surface area contributed by atoms with E-state index in [1.54, 1.807) is 39.1 Å². The van der Waals surface area contributed by atoms with E-state index in [1.165, 1.54) is 27.6 Å². The summed E-state index contributed by atoms with van der Waals surface area (Å²) in [5, 5.41) is 31.2. The zero-order valence-corrected chi connectivity index (χ0v) is 35.7. The van der Waals surface area contributed by atoms with Crippen LogP contribution in [0.3, 0.4) is 0 Å². The third kappa shape index (κ3) is 7.77. The molecule has 1 spiro atoms. The highest BCUT2D eigenvalue weighted by atomic mass is 19.3. The number of hydrogen-bond donors (Lipinski definition) is 3. The number of aromatic nitrogens is 5. The van der Waals surface area contributed by atoms with Crippen LogP contribution < -0.4 is 21.2 Å². The van der Waals surface area contributed by atoms with Gasteiger partial charge in [0.05, 0.1) is 51.6 Å². The number of nitrogens with one attached hydrogen (secondary N) is 2. The van der Waals surface area contributed by atoms with Gasteiger partial charge in [0.25, 0.3) is 11.8 Å². The largest absolute Gasteiger partial charge is 0.386 e. The van der Waals surface area contributed by atoms with Crippen LogP contribution in [0, 0.1) is 22.7 Å². The number of amides is 3. The Bertz CT molecular complexity index is 2730. The first-order valence-corrected chi connectivity index (χ1v) is 21.9. The Kier molecular flexibility index (Phi) is 10.7. The summed E-state index contributed by atoms with van der Waals surface area (Å²) in [7, 11) is 1.66. The highest BCUT2D eigenvalue weighted by Crippen LogP contribution is 2.52. The number of benzene rings is 2. The normalized spacial score (nSPS) is 22.9. The number of halogens is 2. The molecular weight excluding hydrogens is 811 g/mol. The molecule has 3 N–H and O–H groups in total. The molecule has 15 nitrogen and oxygen atoms in total. The van der Waals surface area contributed by atoms with Crippen LogP contribution in [0.2, 0.25) is 0 Å². The summed E-state index contributed by atoms with van der Waals surface area (Å²) >= 11 is 0. The maximum absolute atomic E-state index is 16.4. The summed E-state index contributed by atoms with van der Waals surface area (Å²) in [4.78, 5) is 59.3. The fourth-order valence-electron chi connectivity index (χ4n) is 10.6. The summed E-state index contributed by atoms with van der Waals surface area (Å²) in [6.45, 7) is 5.09. The van der Waals surface area contributed by atoms with Crippen LogP contribution >= 0.6 is 0 Å². The van der Waals surface area contributed by atoms with Crippen molar-refractivity contribution in [2.24, 2.45) is 18.4 Å². The quantitative estimate of drug-likeness (QED) is 0.162. The number of aliphatic hydroxyl groups is 1. The molecule has 1 atom stereocenters. The first kappa shape index (κ1) is 42.3. The number of carbonyl (C=O) groups is 3. The molecule has 0 unspecified atom stereocenters. The van der Waals surface area contributed by atoms with Crippen LogP contribution in [-0.2, 0) is 22.2 Å². The van der Waals surface area contributed by atoms with Crippen LogP contribution in [0.4, 0.5) is 20.2 Å². The Morgan fingerprint density at radius 2 is 1.78 bits per heavy atom. The lowest BCUT2D eigenvalue weighted by molar-refractivity contribution is -0.179. The standard InChI is InChI=1S/C46H52F2N10O5/c1-44(2,63)33-21-34-31(20-35(33)51-41(60)30-19-29(22-49)23-50-24-30)26-57(53-34)32-9-7-28(8-10-32)25-55-16-13-45(46(47,48)27-55)14-17-56(18-15-45)36-5-4-6-37-40(36)54(3)43(62)58(37)38-11-12-39(59)52-42(38)61/h4-6,19-21,23-24,26,28,32,38,63H,7-18,25,27H2,1-3H3,(H,51,60)(H,52,59,61)/t28?,32?,38-/m1/s1. The first-order valence-electron chi connectivity index (χ1n) is 21.9. The molecule has 4 aliphatic rings. The number of nitriles is 1. The van der Waals surface area contributed by atoms with Crippen molar-refractivity contribution >= 4 is 51.0 Å². The number of para-hydroxylation sites is 1. The minimum Gasteiger partial charge on any atom is -0.386 e. The second-order valence-corrected chi connectivity index (χ2v) is 18.6. The van der Waals surface area contributed by atoms with Crippen molar-refractivity contribution in [1.82, 2.24) is 34.1 Å². The Morgan fingerprint density at radius 1 is 1.03 bits per heavy atom. The number of nitrogens with zero attached hydrogens (tertiary/aromatic N) is 8. The lowest BCUT2D eigenvalue weighted by Gasteiger charge is -2.52. The van der Waals surface area contributed by atoms with Crippen molar-refractivity contribution in [3.05, 3.63) is 82.2 Å². The number of aryl methyl sites for hydroxylation is 1. The molecule has 6 heterocycles. The number of anilines is 2. The molecule has 3 aromatic heterocycles. The smallest absolute Gasteiger partial charge is 0.329 e. The van der Waals surface area contributed by atoms with Gasteiger partial charge in [-0.05, 0) is 108 Å². The molecule has 2 aromatic carbocycles. The predicted molar refractivity (Wildman–Crippen MR) is 231 cm³/mol. The molecule has 0 bridgehead atoms. The molecule has 330 valence electrons. The number of pyridine rings is 1. The van der Waals surface area contributed by atoms with Gasteiger partial charge in [-0.3, -0.25) is 43.4 Å². The molecule has 9 rings (SSSR count). The number of carbonyl (C=O) groups excluding carboxylic acids is 3. The van der Waals surface area contributed by atoms with Gasteiger partial charge in [0.2, 0.25) is 11.8 Å². The predicted octanol–water partition coefficient (Wildman–Crippen LogP) is 5.77. The molecule has 1 saturated carbocycles. The maximum Gasteiger partial charge on any atom is 0.329 e. The van der Waals surface area contributed by atoms with E-state index in [9.17, 15) is 29.5 Å². The maximum atomic E-state index is 16.4. The van der Waals surface area contributed by atoms with E-state index in [2.05, 4.69) is 20.5 Å². The number of rotatable bonds is 8. The van der Waals surface area contributed by atoms with Crippen molar-refractivity contribution in [2.75, 3.05) is 42.9 Å². The van der Waals surface area contributed by atoms with E-state index < -0.39 is 34.8 Å². The fourth-order valence-corrected chi connectivity index (χ4v) is 10.6. The summed E-state index contributed by atoms with van der Waals surface area (Å²) in [5.41, 5.74) is 1.35. The number of hydrogen-bond acceptors (Lipinski definition) is 10. The van der Waals surface area contributed by atoms with Gasteiger partial charge in [-0.25, -0.2) is 13.6 Å². The molecule has 3 saturated heterocycles. The SMILES string of the molecule is Cn1c(=O)n([C@@H]2CCC(=O)NC2=O)c2cccc(N3CCC4(CCN(CC5CCC(n6cc7cc(NC(=O)c8cncc(C#N)c8)c(C(C)(C)O)cc7n6)CC5)CC4(F)F)CC3)c21. The zero-order valence-electron chi connectivity index (χ0n) is 35.7. The second kappa shape index (κ2) is 16.0. The average Bonchev–Trinajstić information content (AvgIpc) is 3.79. The Labute approximate surface area is 362 Å². The van der Waals surface area contributed by atoms with Crippen molar-refractivity contribution in [3.63, 3.8) is 0 Å². The van der Waals surface area contributed by atoms with E-state index in [1.807, 2.05) is 34.0 Å². The highest BCUT2D eigenvalue weighted by Gasteiger charge is 2.57. The van der Waals surface area contributed by atoms with Crippen LogP contribution in [0.1, 0.15) is 105 Å². The summed E-state index contributed by atoms with van der Waals surface area (Å²) in [5.74, 6) is -3.89. The molecule has 0 radical (unpaired) electrons. The molecule has 3 aliphatic heterocycles. The lowest BCUT2D eigenvalue weighted by Crippen LogP contribution is -2.59. The van der Waals surface area contributed by atoms with Crippen molar-refractivity contribution in [2.45, 2.75) is 95.2 Å². The van der Waals surface area contributed by atoms with Crippen LogP contribution in [0.5, 0.6) is 0 Å². The number of imide groups is 1. The third-order valence-electron chi connectivity index (χ3n) is 14.2. The molecule has 4 fully saturated rings. The van der Waals surface area contributed by atoms with Crippen LogP contribution in [0.15, 0.2) is 59.8 Å². The lowest BCUT2D eigenvalue weighted by atomic mass is 9.68. The third-order valence-corrected chi connectivity index (χ3v) is 14.2. The number of alkyl halides is 2. The monoisotopic (exact) mass is 862 g/mol. The average molecular weight is 863 g/mol. The zero-order chi connectivity index (χ0) is 44.4. The first-order chi connectivity index (χ1) is 30.0. The topological polar surface area (TPSA) is 183 Å². The van der Waals surface area contributed by atoms with E-state index in [-0.39, 0.29) is 54.1 Å². The van der Waals surface area contributed by atoms with Crippen molar-refractivity contribution < 1.29 is 28.3 Å². The van der Waals surface area contributed by atoms with Gasteiger partial charge in [-0.1, -0.05) is 6.07 Å². The Balaban J connectivity index is 0.818. The number of imidazole rings is 1. The van der Waals surface area contributed by atoms with Gasteiger partial charge >= 0.3 is 5.69 Å². The second-order valence-electron chi connectivity index (χ2n) is 18.6. The number of piperidine rings is 3. The van der Waals surface area contributed by atoms with Gasteiger partial charge in [0, 0.05) is 73.7 Å². The summed E-state index contributed by atoms with van der Waals surface area (Å²) in [6, 6.07) is 11.9. The molecular formula is C46H52F2N10O5. The molecule has 5 aromatic rings. The molecule has 63 heavy (non-hydrogen) atoms. The van der Waals surface area contributed by atoms with Crippen molar-refractivity contribution in [3.8, 4) is 6.07 Å². The molecule has 17 heteroatoms. The van der Waals surface area contributed by atoms with Crippen LogP contribution in [0.25, 0.3) is 21.9 Å². The van der Waals surface area contributed by atoms with E-state index >= 15 is 8.78 Å². The van der Waals surface area contributed by atoms with E-state index in [0.29, 0.717) is 73.2 Å². The summed E-state index contributed by atoms with van der Waals surface area (Å²) in [6.07, 6.45) is 9.63. The number of fused-ring (bicyclic) bond motifs is 2. The summed E-state index contributed by atoms with van der Waals surface area (Å²) < 4.78 is 37.7. The van der Waals surface area contributed by atoms with Gasteiger partial charge in [0.1, 0.15) is 12.1 Å². The fraction of sp³-hybridized carbons (Fsp3) is 0.500. The van der Waals surface area contributed by atoms with E-state index in [4.69, 9.17) is 5.10 Å².